The molecule has 3 aromatic heterocycles. The van der Waals surface area contributed by atoms with E-state index in [0.29, 0.717) is 5.92 Å². The van der Waals surface area contributed by atoms with E-state index < -0.39 is 0 Å². The summed E-state index contributed by atoms with van der Waals surface area (Å²) in [7, 11) is 0. The summed E-state index contributed by atoms with van der Waals surface area (Å²) in [5.74, 6) is 7.16. The van der Waals surface area contributed by atoms with Crippen LogP contribution >= 0.6 is 15.9 Å². The van der Waals surface area contributed by atoms with Crippen molar-refractivity contribution in [2.75, 3.05) is 18.4 Å². The van der Waals surface area contributed by atoms with Crippen molar-refractivity contribution in [3.8, 4) is 0 Å². The zero-order valence-corrected chi connectivity index (χ0v) is 14.6. The first-order valence-electron chi connectivity index (χ1n) is 7.91. The van der Waals surface area contributed by atoms with Gasteiger partial charge in [-0.05, 0) is 40.9 Å². The third-order valence-corrected chi connectivity index (χ3v) is 4.89. The van der Waals surface area contributed by atoms with Gasteiger partial charge in [0.05, 0.1) is 22.6 Å². The number of hydrogen-bond donors (Lipinski definition) is 2. The van der Waals surface area contributed by atoms with Crippen LogP contribution in [0.5, 0.6) is 0 Å². The second-order valence-corrected chi connectivity index (χ2v) is 6.83. The van der Waals surface area contributed by atoms with E-state index in [1.54, 1.807) is 23.1 Å². The van der Waals surface area contributed by atoms with Gasteiger partial charge in [0.2, 0.25) is 0 Å². The standard InChI is InChI=1S/C16H18BrN7/c17-13-10-20-24-15(21-12-2-1-5-19-9-12)8-14(22-16(13)24)11-3-6-23(18)7-4-11/h1-2,5,8-11,21H,3-4,6-7,18H2. The third kappa shape index (κ3) is 3.00. The Morgan fingerprint density at radius 3 is 2.83 bits per heavy atom. The highest BCUT2D eigenvalue weighted by Gasteiger charge is 2.22. The Morgan fingerprint density at radius 2 is 2.08 bits per heavy atom. The molecule has 0 saturated carbocycles. The van der Waals surface area contributed by atoms with Gasteiger partial charge in [0.25, 0.3) is 0 Å². The molecular formula is C16H18BrN7. The number of fused-ring (bicyclic) bond motifs is 1. The average molecular weight is 388 g/mol. The number of aromatic nitrogens is 4. The largest absolute Gasteiger partial charge is 0.339 e. The molecule has 8 heteroatoms. The number of nitrogens with zero attached hydrogens (tertiary/aromatic N) is 5. The van der Waals surface area contributed by atoms with Crippen molar-refractivity contribution in [1.29, 1.82) is 0 Å². The van der Waals surface area contributed by atoms with Gasteiger partial charge >= 0.3 is 0 Å². The van der Waals surface area contributed by atoms with Crippen LogP contribution in [0.25, 0.3) is 5.65 Å². The molecule has 1 saturated heterocycles. The summed E-state index contributed by atoms with van der Waals surface area (Å²) in [6.07, 6.45) is 7.33. The molecule has 1 aliphatic heterocycles. The van der Waals surface area contributed by atoms with E-state index >= 15 is 0 Å². The topological polar surface area (TPSA) is 84.4 Å². The lowest BCUT2D eigenvalue weighted by Crippen LogP contribution is -2.38. The van der Waals surface area contributed by atoms with Crippen molar-refractivity contribution in [2.24, 2.45) is 5.84 Å². The summed E-state index contributed by atoms with van der Waals surface area (Å²) in [4.78, 5) is 8.97. The molecule has 0 aliphatic carbocycles. The van der Waals surface area contributed by atoms with Crippen LogP contribution in [-0.4, -0.2) is 37.7 Å². The Balaban J connectivity index is 1.74. The molecule has 0 radical (unpaired) electrons. The quantitative estimate of drug-likeness (QED) is 0.672. The van der Waals surface area contributed by atoms with Crippen LogP contribution in [-0.2, 0) is 0 Å². The monoisotopic (exact) mass is 387 g/mol. The van der Waals surface area contributed by atoms with Crippen molar-refractivity contribution in [2.45, 2.75) is 18.8 Å². The van der Waals surface area contributed by atoms with Crippen LogP contribution in [0.15, 0.2) is 41.3 Å². The fourth-order valence-electron chi connectivity index (χ4n) is 3.03. The van der Waals surface area contributed by atoms with Crippen LogP contribution < -0.4 is 11.2 Å². The second kappa shape index (κ2) is 6.46. The number of nitrogens with one attached hydrogen (secondary N) is 1. The minimum atomic E-state index is 0.408. The van der Waals surface area contributed by atoms with Gasteiger partial charge in [-0.15, -0.1) is 0 Å². The normalized spacial score (nSPS) is 16.6. The van der Waals surface area contributed by atoms with Crippen LogP contribution in [0, 0.1) is 0 Å². The average Bonchev–Trinajstić information content (AvgIpc) is 2.98. The van der Waals surface area contributed by atoms with Gasteiger partial charge in [0, 0.05) is 37.0 Å². The summed E-state index contributed by atoms with van der Waals surface area (Å²) in [5.41, 5.74) is 2.80. The molecule has 7 nitrogen and oxygen atoms in total. The minimum absolute atomic E-state index is 0.408. The Kier molecular flexibility index (Phi) is 4.17. The number of hydrazine groups is 1. The van der Waals surface area contributed by atoms with Crippen molar-refractivity contribution >= 4 is 33.1 Å². The lowest BCUT2D eigenvalue weighted by molar-refractivity contribution is 0.216. The molecule has 0 unspecified atom stereocenters. The summed E-state index contributed by atoms with van der Waals surface area (Å²) in [6, 6.07) is 5.96. The number of piperidine rings is 1. The molecule has 124 valence electrons. The lowest BCUT2D eigenvalue weighted by atomic mass is 9.94. The SMILES string of the molecule is NN1CCC(c2cc(Nc3cccnc3)n3ncc(Br)c3n2)CC1. The third-order valence-electron chi connectivity index (χ3n) is 4.33. The highest BCUT2D eigenvalue weighted by Crippen LogP contribution is 2.30. The predicted molar refractivity (Wildman–Crippen MR) is 95.9 cm³/mol. The number of hydrogen-bond acceptors (Lipinski definition) is 6. The first kappa shape index (κ1) is 15.5. The van der Waals surface area contributed by atoms with E-state index in [9.17, 15) is 0 Å². The van der Waals surface area contributed by atoms with Crippen molar-refractivity contribution in [3.63, 3.8) is 0 Å². The highest BCUT2D eigenvalue weighted by molar-refractivity contribution is 9.10. The van der Waals surface area contributed by atoms with Crippen molar-refractivity contribution in [1.82, 2.24) is 24.6 Å². The van der Waals surface area contributed by atoms with E-state index in [2.05, 4.69) is 37.4 Å². The molecular weight excluding hydrogens is 370 g/mol. The maximum Gasteiger partial charge on any atom is 0.171 e. The Labute approximate surface area is 148 Å². The van der Waals surface area contributed by atoms with E-state index in [-0.39, 0.29) is 0 Å². The van der Waals surface area contributed by atoms with Crippen LogP contribution in [0.1, 0.15) is 24.5 Å². The fraction of sp³-hybridized carbons (Fsp3) is 0.312. The second-order valence-electron chi connectivity index (χ2n) is 5.97. The molecule has 4 heterocycles. The molecule has 4 rings (SSSR count). The summed E-state index contributed by atoms with van der Waals surface area (Å²) >= 11 is 3.54. The van der Waals surface area contributed by atoms with E-state index in [1.807, 2.05) is 17.1 Å². The molecule has 1 fully saturated rings. The molecule has 3 N–H and O–H groups in total. The van der Waals surface area contributed by atoms with Gasteiger partial charge in [0.15, 0.2) is 5.65 Å². The Morgan fingerprint density at radius 1 is 1.25 bits per heavy atom. The molecule has 24 heavy (non-hydrogen) atoms. The maximum absolute atomic E-state index is 5.88. The van der Waals surface area contributed by atoms with E-state index in [1.165, 1.54) is 0 Å². The van der Waals surface area contributed by atoms with Crippen molar-refractivity contribution < 1.29 is 0 Å². The van der Waals surface area contributed by atoms with Crippen LogP contribution in [0.4, 0.5) is 11.5 Å². The van der Waals surface area contributed by atoms with Gasteiger partial charge in [0.1, 0.15) is 5.82 Å². The van der Waals surface area contributed by atoms with E-state index in [4.69, 9.17) is 10.8 Å². The van der Waals surface area contributed by atoms with Gasteiger partial charge in [-0.25, -0.2) is 9.99 Å². The Hall–Kier alpha value is -2.03. The smallest absolute Gasteiger partial charge is 0.171 e. The van der Waals surface area contributed by atoms with E-state index in [0.717, 1.165) is 53.3 Å². The van der Waals surface area contributed by atoms with Crippen LogP contribution in [0.2, 0.25) is 0 Å². The van der Waals surface area contributed by atoms with Crippen molar-refractivity contribution in [3.05, 3.63) is 47.0 Å². The molecule has 0 bridgehead atoms. The summed E-state index contributed by atoms with van der Waals surface area (Å²) < 4.78 is 2.69. The first-order chi connectivity index (χ1) is 11.7. The zero-order chi connectivity index (χ0) is 16.5. The zero-order valence-electron chi connectivity index (χ0n) is 13.1. The molecule has 3 aromatic rings. The van der Waals surface area contributed by atoms with Gasteiger partial charge in [-0.3, -0.25) is 10.8 Å². The molecule has 1 aliphatic rings. The van der Waals surface area contributed by atoms with Gasteiger partial charge in [-0.1, -0.05) is 0 Å². The maximum atomic E-state index is 5.88. The summed E-state index contributed by atoms with van der Waals surface area (Å²) in [6.45, 7) is 1.78. The number of nitrogens with two attached hydrogens (primary N) is 1. The number of halogens is 1. The molecule has 0 aromatic carbocycles. The summed E-state index contributed by atoms with van der Waals surface area (Å²) in [5, 5.41) is 9.67. The van der Waals surface area contributed by atoms with Gasteiger partial charge < -0.3 is 5.32 Å². The highest BCUT2D eigenvalue weighted by atomic mass is 79.9. The minimum Gasteiger partial charge on any atom is -0.339 e. The number of pyridine rings is 1. The fourth-order valence-corrected chi connectivity index (χ4v) is 3.38. The molecule has 0 amide bonds. The Bertz CT molecular complexity index is 840. The van der Waals surface area contributed by atoms with Crippen LogP contribution in [0.3, 0.4) is 0 Å². The van der Waals surface area contributed by atoms with Gasteiger partial charge in [-0.2, -0.15) is 9.61 Å². The molecule has 0 atom stereocenters. The first-order valence-corrected chi connectivity index (χ1v) is 8.71. The number of anilines is 2. The number of rotatable bonds is 3. The molecule has 0 spiro atoms. The predicted octanol–water partition coefficient (Wildman–Crippen LogP) is 2.68. The lowest BCUT2D eigenvalue weighted by Gasteiger charge is -2.28.